The molecule has 0 saturated heterocycles. The third kappa shape index (κ3) is 7.41. The van der Waals surface area contributed by atoms with Gasteiger partial charge in [-0.3, -0.25) is 15.0 Å². The molecule has 0 amide bonds. The van der Waals surface area contributed by atoms with Crippen molar-refractivity contribution >= 4 is 32.3 Å². The van der Waals surface area contributed by atoms with Crippen LogP contribution in [0.1, 0.15) is 22.3 Å². The van der Waals surface area contributed by atoms with Gasteiger partial charge < -0.3 is 0 Å². The molecule has 64 heavy (non-hydrogen) atoms. The number of benzene rings is 8. The van der Waals surface area contributed by atoms with Crippen molar-refractivity contribution in [3.05, 3.63) is 235 Å². The van der Waals surface area contributed by atoms with Gasteiger partial charge >= 0.3 is 0 Å². The smallest absolute Gasteiger partial charge is 0.0708 e. The number of rotatable bonds is 9. The number of hydrogen-bond donors (Lipinski definition) is 0. The second-order valence-electron chi connectivity index (χ2n) is 17.0. The van der Waals surface area contributed by atoms with Gasteiger partial charge in [0.2, 0.25) is 0 Å². The number of fused-ring (bicyclic) bond motifs is 6. The fourth-order valence-corrected chi connectivity index (χ4v) is 9.60. The molecular weight excluding hydrogens is 775 g/mol. The third-order valence-electron chi connectivity index (χ3n) is 12.6. The number of aromatic nitrogens is 3. The van der Waals surface area contributed by atoms with Crippen molar-refractivity contribution in [3.8, 4) is 66.9 Å². The molecule has 0 spiro atoms. The van der Waals surface area contributed by atoms with E-state index >= 15 is 0 Å². The number of aryl methyl sites for hydroxylation is 4. The van der Waals surface area contributed by atoms with E-state index in [9.17, 15) is 0 Å². The summed E-state index contributed by atoms with van der Waals surface area (Å²) in [5.41, 5.74) is 18.5. The molecule has 0 N–H and O–H groups in total. The predicted octanol–water partition coefficient (Wildman–Crippen LogP) is 15.7. The first-order valence-corrected chi connectivity index (χ1v) is 22.1. The van der Waals surface area contributed by atoms with Gasteiger partial charge in [-0.1, -0.05) is 152 Å². The zero-order valence-electron chi connectivity index (χ0n) is 36.0. The van der Waals surface area contributed by atoms with Gasteiger partial charge in [-0.2, -0.15) is 0 Å². The van der Waals surface area contributed by atoms with E-state index in [1.54, 1.807) is 0 Å². The third-order valence-corrected chi connectivity index (χ3v) is 12.6. The van der Waals surface area contributed by atoms with Crippen LogP contribution in [-0.2, 0) is 12.8 Å². The quantitative estimate of drug-likeness (QED) is 0.136. The fraction of sp³-hybridized carbons (Fsp3) is 0.0656. The molecule has 304 valence electrons. The summed E-state index contributed by atoms with van der Waals surface area (Å²) in [7, 11) is 0. The summed E-state index contributed by atoms with van der Waals surface area (Å²) in [6.45, 7) is 4.21. The summed E-state index contributed by atoms with van der Waals surface area (Å²) in [5.74, 6) is 0. The van der Waals surface area contributed by atoms with E-state index in [2.05, 4.69) is 212 Å². The molecule has 0 aliphatic carbocycles. The van der Waals surface area contributed by atoms with Crippen molar-refractivity contribution in [1.29, 1.82) is 0 Å². The van der Waals surface area contributed by atoms with E-state index in [0.717, 1.165) is 57.5 Å². The van der Waals surface area contributed by atoms with Gasteiger partial charge in [-0.25, -0.2) is 0 Å². The second-order valence-corrected chi connectivity index (χ2v) is 17.0. The van der Waals surface area contributed by atoms with Gasteiger partial charge in [0.05, 0.1) is 5.69 Å². The van der Waals surface area contributed by atoms with E-state index in [1.165, 1.54) is 76.8 Å². The van der Waals surface area contributed by atoms with Crippen molar-refractivity contribution in [3.63, 3.8) is 0 Å². The van der Waals surface area contributed by atoms with Crippen LogP contribution >= 0.6 is 0 Å². The van der Waals surface area contributed by atoms with Crippen molar-refractivity contribution in [2.75, 3.05) is 0 Å². The Hall–Kier alpha value is -8.01. The van der Waals surface area contributed by atoms with Crippen LogP contribution in [0.15, 0.2) is 213 Å². The molecule has 0 fully saturated rings. The molecule has 0 unspecified atom stereocenters. The van der Waals surface area contributed by atoms with Gasteiger partial charge in [0, 0.05) is 47.7 Å². The maximum atomic E-state index is 5.12. The van der Waals surface area contributed by atoms with Gasteiger partial charge in [0.1, 0.15) is 0 Å². The van der Waals surface area contributed by atoms with Gasteiger partial charge in [-0.05, 0) is 156 Å². The monoisotopic (exact) mass is 819 g/mol. The average molecular weight is 820 g/mol. The van der Waals surface area contributed by atoms with Crippen LogP contribution in [0.25, 0.3) is 99.2 Å². The number of nitrogens with zero attached hydrogens (tertiary/aromatic N) is 3. The maximum Gasteiger partial charge on any atom is 0.0708 e. The molecule has 0 aliphatic heterocycles. The van der Waals surface area contributed by atoms with E-state index in [1.807, 2.05) is 24.8 Å². The molecule has 11 aromatic rings. The highest BCUT2D eigenvalue weighted by atomic mass is 14.7. The van der Waals surface area contributed by atoms with Crippen LogP contribution in [0, 0.1) is 13.8 Å². The number of hydrogen-bond acceptors (Lipinski definition) is 3. The van der Waals surface area contributed by atoms with E-state index in [0.29, 0.717) is 0 Å². The van der Waals surface area contributed by atoms with Crippen LogP contribution in [0.5, 0.6) is 0 Å². The van der Waals surface area contributed by atoms with E-state index in [4.69, 9.17) is 4.98 Å². The Labute approximate surface area is 374 Å². The van der Waals surface area contributed by atoms with Crippen LogP contribution in [0.2, 0.25) is 0 Å². The summed E-state index contributed by atoms with van der Waals surface area (Å²) in [5, 5.41) is 7.64. The minimum Gasteiger partial charge on any atom is -0.264 e. The second kappa shape index (κ2) is 16.7. The first-order chi connectivity index (χ1) is 31.5. The molecule has 0 atom stereocenters. The minimum absolute atomic E-state index is 0.809. The SMILES string of the molecule is Cc1cncc(-c2ccccc2-c2cc(CCc3cnc(-c4ccccc4)cc3-c3ccc4c5ccccc5c5ccccc5c4c3)cc(-c3ccccc3-c3cncc(C)c3)c2)c1. The molecule has 3 aromatic heterocycles. The zero-order chi connectivity index (χ0) is 43.0. The lowest BCUT2D eigenvalue weighted by atomic mass is 9.87. The Morgan fingerprint density at radius 3 is 1.34 bits per heavy atom. The fourth-order valence-electron chi connectivity index (χ4n) is 9.60. The Bertz CT molecular complexity index is 3390. The van der Waals surface area contributed by atoms with Gasteiger partial charge in [-0.15, -0.1) is 0 Å². The number of pyridine rings is 3. The highest BCUT2D eigenvalue weighted by Gasteiger charge is 2.17. The summed E-state index contributed by atoms with van der Waals surface area (Å²) in [6, 6.07) is 66.5. The Balaban J connectivity index is 1.06. The molecule has 0 saturated carbocycles. The van der Waals surface area contributed by atoms with Crippen molar-refractivity contribution in [2.45, 2.75) is 26.7 Å². The first-order valence-electron chi connectivity index (χ1n) is 22.1. The lowest BCUT2D eigenvalue weighted by Crippen LogP contribution is -1.99. The molecule has 0 aliphatic rings. The molecular formula is C61H45N3. The maximum absolute atomic E-state index is 5.12. The van der Waals surface area contributed by atoms with Crippen LogP contribution in [0.3, 0.4) is 0 Å². The lowest BCUT2D eigenvalue weighted by Gasteiger charge is -2.17. The van der Waals surface area contributed by atoms with E-state index in [-0.39, 0.29) is 0 Å². The summed E-state index contributed by atoms with van der Waals surface area (Å²) in [4.78, 5) is 14.3. The lowest BCUT2D eigenvalue weighted by molar-refractivity contribution is 0.953. The Morgan fingerprint density at radius 2 is 0.797 bits per heavy atom. The highest BCUT2D eigenvalue weighted by Crippen LogP contribution is 2.41. The molecule has 11 rings (SSSR count). The standard InChI is InChI=1S/C61H45N3/c1-40-28-48(37-62-35-40)52-18-8-6-16-50(52)46-30-42(31-47(32-46)51-17-7-9-19-53(51)49-29-41(2)36-63-38-49)24-25-45-39-64-61(43-14-4-3-5-15-43)34-59(45)44-26-27-58-56-22-11-10-20-54(56)55-21-12-13-23-57(55)60(58)33-44/h3-23,26-39H,24-25H2,1-2H3. The van der Waals surface area contributed by atoms with Crippen LogP contribution < -0.4 is 0 Å². The molecule has 3 heteroatoms. The molecule has 3 nitrogen and oxygen atoms in total. The molecule has 0 bridgehead atoms. The zero-order valence-corrected chi connectivity index (χ0v) is 36.0. The van der Waals surface area contributed by atoms with Gasteiger partial charge in [0.15, 0.2) is 0 Å². The largest absolute Gasteiger partial charge is 0.264 e. The van der Waals surface area contributed by atoms with Crippen LogP contribution in [-0.4, -0.2) is 15.0 Å². The summed E-state index contributed by atoms with van der Waals surface area (Å²) < 4.78 is 0. The minimum atomic E-state index is 0.809. The normalized spacial score (nSPS) is 11.4. The molecule has 8 aromatic carbocycles. The van der Waals surface area contributed by atoms with Gasteiger partial charge in [0.25, 0.3) is 0 Å². The van der Waals surface area contributed by atoms with Crippen molar-refractivity contribution in [2.24, 2.45) is 0 Å². The Morgan fingerprint density at radius 1 is 0.312 bits per heavy atom. The predicted molar refractivity (Wildman–Crippen MR) is 268 cm³/mol. The summed E-state index contributed by atoms with van der Waals surface area (Å²) >= 11 is 0. The first kappa shape index (κ1) is 38.9. The Kier molecular flexibility index (Phi) is 10.1. The summed E-state index contributed by atoms with van der Waals surface area (Å²) in [6.07, 6.45) is 11.5. The van der Waals surface area contributed by atoms with Crippen molar-refractivity contribution < 1.29 is 0 Å². The highest BCUT2D eigenvalue weighted by molar-refractivity contribution is 6.25. The van der Waals surface area contributed by atoms with Crippen molar-refractivity contribution in [1.82, 2.24) is 15.0 Å². The topological polar surface area (TPSA) is 38.7 Å². The molecule has 0 radical (unpaired) electrons. The average Bonchev–Trinajstić information content (AvgIpc) is 3.36. The van der Waals surface area contributed by atoms with Crippen LogP contribution in [0.4, 0.5) is 0 Å². The van der Waals surface area contributed by atoms with E-state index < -0.39 is 0 Å². The molecule has 3 heterocycles.